The molecule has 2 heterocycles. The molecule has 0 saturated heterocycles. The third kappa shape index (κ3) is 4.12. The molecule has 0 aliphatic rings. The Kier molecular flexibility index (Phi) is 5.65. The van der Waals surface area contributed by atoms with Crippen molar-refractivity contribution in [2.45, 2.75) is 4.34 Å². The zero-order chi connectivity index (χ0) is 21.1. The van der Waals surface area contributed by atoms with Crippen LogP contribution in [0.5, 0.6) is 0 Å². The average molecular weight is 439 g/mol. The Morgan fingerprint density at radius 2 is 2.10 bits per heavy atom. The second-order valence-corrected chi connectivity index (χ2v) is 8.41. The van der Waals surface area contributed by atoms with Crippen molar-refractivity contribution in [2.24, 2.45) is 7.05 Å². The van der Waals surface area contributed by atoms with Gasteiger partial charge in [-0.3, -0.25) is 0 Å². The van der Waals surface area contributed by atoms with Crippen LogP contribution in [0.15, 0.2) is 58.6 Å². The number of anilines is 2. The Hall–Kier alpha value is -3.42. The zero-order valence-corrected chi connectivity index (χ0v) is 17.3. The van der Waals surface area contributed by atoms with Gasteiger partial charge in [0.1, 0.15) is 23.2 Å². The van der Waals surface area contributed by atoms with E-state index in [2.05, 4.69) is 26.6 Å². The third-order valence-corrected chi connectivity index (χ3v) is 6.21. The number of nitriles is 1. The highest BCUT2D eigenvalue weighted by Gasteiger charge is 2.17. The maximum Gasteiger partial charge on any atom is 0.210 e. The van der Waals surface area contributed by atoms with E-state index < -0.39 is 0 Å². The lowest BCUT2D eigenvalue weighted by atomic mass is 10.2. The van der Waals surface area contributed by atoms with Gasteiger partial charge >= 0.3 is 0 Å². The molecule has 0 aliphatic heterocycles. The second-order valence-electron chi connectivity index (χ2n) is 6.21. The van der Waals surface area contributed by atoms with Crippen LogP contribution in [0.1, 0.15) is 5.82 Å². The van der Waals surface area contributed by atoms with Gasteiger partial charge in [-0.15, -0.1) is 10.2 Å². The molecule has 2 aromatic heterocycles. The third-order valence-electron chi connectivity index (χ3n) is 4.23. The number of thioether (sulfide) groups is 1. The first-order valence-corrected chi connectivity index (χ1v) is 10.6. The van der Waals surface area contributed by atoms with Crippen molar-refractivity contribution in [3.8, 4) is 6.07 Å². The summed E-state index contributed by atoms with van der Waals surface area (Å²) in [6.07, 6.45) is 0. The number of aromatic nitrogens is 4. The lowest BCUT2D eigenvalue weighted by Gasteiger charge is -2.04. The molecule has 0 unspecified atom stereocenters. The maximum absolute atomic E-state index is 13.3. The first-order chi connectivity index (χ1) is 14.5. The highest BCUT2D eigenvalue weighted by molar-refractivity contribution is 8.01. The van der Waals surface area contributed by atoms with Crippen LogP contribution in [0.3, 0.4) is 0 Å². The monoisotopic (exact) mass is 438 g/mol. The Morgan fingerprint density at radius 1 is 1.27 bits per heavy atom. The summed E-state index contributed by atoms with van der Waals surface area (Å²) in [7, 11) is 1.80. The molecule has 0 radical (unpaired) electrons. The van der Waals surface area contributed by atoms with E-state index in [1.54, 1.807) is 23.7 Å². The molecule has 0 spiro atoms. The predicted octanol–water partition coefficient (Wildman–Crippen LogP) is 4.89. The Labute approximate surface area is 179 Å². The summed E-state index contributed by atoms with van der Waals surface area (Å²) in [6, 6.07) is 15.6. The van der Waals surface area contributed by atoms with E-state index in [0.717, 1.165) is 11.0 Å². The van der Waals surface area contributed by atoms with E-state index in [9.17, 15) is 14.8 Å². The fourth-order valence-corrected chi connectivity index (χ4v) is 4.47. The number of nitrogens with zero attached hydrogens (tertiary/aromatic N) is 5. The molecule has 10 heteroatoms. The largest absolute Gasteiger partial charge is 0.510 e. The lowest BCUT2D eigenvalue weighted by molar-refractivity contribution is 0.420. The summed E-state index contributed by atoms with van der Waals surface area (Å²) in [6.45, 7) is 0. The number of rotatable bonds is 6. The summed E-state index contributed by atoms with van der Waals surface area (Å²) in [5.74, 6) is 0.110. The first kappa shape index (κ1) is 19.9. The number of hydrogen-bond donors (Lipinski definition) is 2. The van der Waals surface area contributed by atoms with E-state index in [0.29, 0.717) is 21.0 Å². The van der Waals surface area contributed by atoms with Gasteiger partial charge < -0.3 is 15.0 Å². The molecule has 4 rings (SSSR count). The van der Waals surface area contributed by atoms with Crippen LogP contribution in [-0.2, 0) is 7.05 Å². The van der Waals surface area contributed by atoms with E-state index in [4.69, 9.17) is 0 Å². The van der Waals surface area contributed by atoms with Crippen molar-refractivity contribution in [3.05, 3.63) is 65.9 Å². The number of fused-ring (bicyclic) bond motifs is 1. The fourth-order valence-electron chi connectivity index (χ4n) is 2.82. The molecule has 0 fully saturated rings. The number of benzene rings is 2. The van der Waals surface area contributed by atoms with Crippen LogP contribution in [0.25, 0.3) is 16.6 Å². The molecule has 0 amide bonds. The van der Waals surface area contributed by atoms with Crippen molar-refractivity contribution >= 4 is 50.5 Å². The fraction of sp³-hybridized carbons (Fsp3) is 0.100. The summed E-state index contributed by atoms with van der Waals surface area (Å²) in [4.78, 5) is 4.46. The number of aliphatic hydroxyl groups excluding tert-OH is 1. The molecule has 0 saturated carbocycles. The number of nitrogens with one attached hydrogen (secondary N) is 1. The van der Waals surface area contributed by atoms with Crippen molar-refractivity contribution in [1.82, 2.24) is 19.7 Å². The highest BCUT2D eigenvalue weighted by atomic mass is 32.2. The van der Waals surface area contributed by atoms with Crippen LogP contribution in [-0.4, -0.2) is 30.6 Å². The Morgan fingerprint density at radius 3 is 2.87 bits per heavy atom. The van der Waals surface area contributed by atoms with Crippen molar-refractivity contribution in [1.29, 1.82) is 5.26 Å². The minimum absolute atomic E-state index is 0.0873. The number of imidazole rings is 1. The second kappa shape index (κ2) is 8.52. The number of para-hydroxylation sites is 2. The van der Waals surface area contributed by atoms with Gasteiger partial charge in [-0.25, -0.2) is 9.37 Å². The molecular weight excluding hydrogens is 423 g/mol. The molecule has 0 aliphatic carbocycles. The topological polar surface area (TPSA) is 99.7 Å². The lowest BCUT2D eigenvalue weighted by Crippen LogP contribution is -2.00. The summed E-state index contributed by atoms with van der Waals surface area (Å²) in [5.41, 5.74) is 2.31. The van der Waals surface area contributed by atoms with Gasteiger partial charge in [0.05, 0.1) is 16.8 Å². The number of aliphatic hydroxyl groups is 1. The molecule has 0 atom stereocenters. The predicted molar refractivity (Wildman–Crippen MR) is 116 cm³/mol. The molecule has 30 heavy (non-hydrogen) atoms. The SMILES string of the molecule is Cn1c(/C(C#N)=C(\O)CSc2nnc(Nc3cccc(F)c3)s2)nc2ccccc21. The van der Waals surface area contributed by atoms with Gasteiger partial charge in [-0.1, -0.05) is 41.3 Å². The summed E-state index contributed by atoms with van der Waals surface area (Å²) < 4.78 is 15.7. The van der Waals surface area contributed by atoms with Crippen molar-refractivity contribution in [3.63, 3.8) is 0 Å². The average Bonchev–Trinajstić information content (AvgIpc) is 3.32. The standard InChI is InChI=1S/C20H15FN6OS2/c1-27-16-8-3-2-7-15(16)24-18(27)14(10-22)17(28)11-29-20-26-25-19(30-20)23-13-6-4-5-12(21)9-13/h2-9,28H,11H2,1H3,(H,23,25)/b17-14-. The molecule has 0 bridgehead atoms. The van der Waals surface area contributed by atoms with Gasteiger partial charge in [0.15, 0.2) is 10.2 Å². The minimum Gasteiger partial charge on any atom is -0.510 e. The molecule has 4 aromatic rings. The quantitative estimate of drug-likeness (QED) is 0.251. The van der Waals surface area contributed by atoms with Gasteiger partial charge in [-0.2, -0.15) is 5.26 Å². The van der Waals surface area contributed by atoms with Gasteiger partial charge in [0.2, 0.25) is 5.13 Å². The van der Waals surface area contributed by atoms with Crippen molar-refractivity contribution in [2.75, 3.05) is 11.1 Å². The smallest absolute Gasteiger partial charge is 0.210 e. The summed E-state index contributed by atoms with van der Waals surface area (Å²) in [5, 5.41) is 31.7. The number of aryl methyl sites for hydroxylation is 1. The molecule has 2 aromatic carbocycles. The number of halogens is 1. The Bertz CT molecular complexity index is 1290. The van der Waals surface area contributed by atoms with Crippen LogP contribution in [0.4, 0.5) is 15.2 Å². The maximum atomic E-state index is 13.3. The van der Waals surface area contributed by atoms with E-state index >= 15 is 0 Å². The molecular formula is C20H15FN6OS2. The van der Waals surface area contributed by atoms with Gasteiger partial charge in [0.25, 0.3) is 0 Å². The zero-order valence-electron chi connectivity index (χ0n) is 15.7. The van der Waals surface area contributed by atoms with E-state index in [-0.39, 0.29) is 22.9 Å². The summed E-state index contributed by atoms with van der Waals surface area (Å²) >= 11 is 2.52. The Balaban J connectivity index is 1.49. The van der Waals surface area contributed by atoms with Crippen LogP contribution in [0, 0.1) is 17.1 Å². The van der Waals surface area contributed by atoms with Crippen LogP contribution < -0.4 is 5.32 Å². The first-order valence-electron chi connectivity index (χ1n) is 8.78. The number of allylic oxidation sites excluding steroid dienone is 1. The highest BCUT2D eigenvalue weighted by Crippen LogP contribution is 2.30. The van der Waals surface area contributed by atoms with E-state index in [1.165, 1.54) is 35.2 Å². The van der Waals surface area contributed by atoms with Crippen LogP contribution in [0.2, 0.25) is 0 Å². The molecule has 2 N–H and O–H groups in total. The normalized spacial score (nSPS) is 11.9. The van der Waals surface area contributed by atoms with Gasteiger partial charge in [0, 0.05) is 12.7 Å². The van der Waals surface area contributed by atoms with E-state index in [1.807, 2.05) is 24.3 Å². The minimum atomic E-state index is -0.347. The molecule has 7 nitrogen and oxygen atoms in total. The van der Waals surface area contributed by atoms with Crippen LogP contribution >= 0.6 is 23.1 Å². The number of hydrogen-bond acceptors (Lipinski definition) is 8. The van der Waals surface area contributed by atoms with Crippen molar-refractivity contribution < 1.29 is 9.50 Å². The molecule has 150 valence electrons. The van der Waals surface area contributed by atoms with Gasteiger partial charge in [-0.05, 0) is 30.3 Å².